The Morgan fingerprint density at radius 2 is 2.36 bits per heavy atom. The molecule has 0 atom stereocenters. The molecule has 2 aromatic heterocycles. The molecule has 3 heteroatoms. The fourth-order valence-corrected chi connectivity index (χ4v) is 1.88. The summed E-state index contributed by atoms with van der Waals surface area (Å²) in [6.07, 6.45) is 2.05. The largest absolute Gasteiger partial charge is 0.351 e. The molecule has 2 nitrogen and oxygen atoms in total. The van der Waals surface area contributed by atoms with Crippen molar-refractivity contribution in [2.45, 2.75) is 19.8 Å². The lowest BCUT2D eigenvalue weighted by Gasteiger charge is -1.97. The summed E-state index contributed by atoms with van der Waals surface area (Å²) in [6, 6.07) is 0. The van der Waals surface area contributed by atoms with Gasteiger partial charge in [-0.15, -0.1) is 11.3 Å². The lowest BCUT2D eigenvalue weighted by Crippen LogP contribution is -1.83. The molecule has 0 saturated carbocycles. The van der Waals surface area contributed by atoms with E-state index in [1.165, 1.54) is 10.4 Å². The quantitative estimate of drug-likeness (QED) is 0.693. The summed E-state index contributed by atoms with van der Waals surface area (Å²) >= 11 is 1.66. The van der Waals surface area contributed by atoms with Crippen LogP contribution in [-0.2, 0) is 0 Å². The fraction of sp³-hybridized carbons (Fsp3) is 0.375. The SMILES string of the molecule is CC(C)c1c[nH]c2scnc12. The van der Waals surface area contributed by atoms with Gasteiger partial charge in [0.25, 0.3) is 0 Å². The first-order chi connectivity index (χ1) is 5.29. The minimum absolute atomic E-state index is 0.561. The van der Waals surface area contributed by atoms with E-state index in [0.717, 1.165) is 5.52 Å². The number of H-pyrrole nitrogens is 1. The van der Waals surface area contributed by atoms with Crippen molar-refractivity contribution in [2.75, 3.05) is 0 Å². The van der Waals surface area contributed by atoms with Gasteiger partial charge >= 0.3 is 0 Å². The van der Waals surface area contributed by atoms with Crippen LogP contribution in [0.25, 0.3) is 10.3 Å². The van der Waals surface area contributed by atoms with E-state index in [-0.39, 0.29) is 0 Å². The number of thiazole rings is 1. The number of aromatic amines is 1. The van der Waals surface area contributed by atoms with E-state index >= 15 is 0 Å². The van der Waals surface area contributed by atoms with E-state index in [1.807, 2.05) is 5.51 Å². The molecule has 11 heavy (non-hydrogen) atoms. The molecule has 0 bridgehead atoms. The van der Waals surface area contributed by atoms with Crippen molar-refractivity contribution >= 4 is 21.7 Å². The van der Waals surface area contributed by atoms with E-state index in [1.54, 1.807) is 11.3 Å². The molecule has 0 amide bonds. The highest BCUT2D eigenvalue weighted by molar-refractivity contribution is 7.16. The Bertz CT molecular complexity index is 359. The highest BCUT2D eigenvalue weighted by Crippen LogP contribution is 2.25. The van der Waals surface area contributed by atoms with Crippen LogP contribution in [0.3, 0.4) is 0 Å². The normalized spacial score (nSPS) is 11.5. The number of nitrogens with one attached hydrogen (secondary N) is 1. The van der Waals surface area contributed by atoms with Gasteiger partial charge in [-0.1, -0.05) is 13.8 Å². The molecule has 0 aliphatic carbocycles. The molecule has 2 rings (SSSR count). The second-order valence-electron chi connectivity index (χ2n) is 2.93. The Balaban J connectivity index is 2.68. The molecule has 2 heterocycles. The summed E-state index contributed by atoms with van der Waals surface area (Å²) in [5.74, 6) is 0.561. The third-order valence-electron chi connectivity index (χ3n) is 1.82. The molecule has 0 aliphatic rings. The Morgan fingerprint density at radius 1 is 1.55 bits per heavy atom. The van der Waals surface area contributed by atoms with Crippen LogP contribution in [0, 0.1) is 0 Å². The lowest BCUT2D eigenvalue weighted by atomic mass is 10.1. The highest BCUT2D eigenvalue weighted by Gasteiger charge is 2.08. The third kappa shape index (κ3) is 0.959. The Morgan fingerprint density at radius 3 is 3.09 bits per heavy atom. The van der Waals surface area contributed by atoms with Crippen molar-refractivity contribution in [1.82, 2.24) is 9.97 Å². The summed E-state index contributed by atoms with van der Waals surface area (Å²) in [7, 11) is 0. The third-order valence-corrected chi connectivity index (χ3v) is 2.58. The van der Waals surface area contributed by atoms with E-state index < -0.39 is 0 Å². The van der Waals surface area contributed by atoms with Crippen LogP contribution in [0.5, 0.6) is 0 Å². The number of fused-ring (bicyclic) bond motifs is 1. The second kappa shape index (κ2) is 2.34. The zero-order valence-corrected chi connectivity index (χ0v) is 7.40. The van der Waals surface area contributed by atoms with Gasteiger partial charge in [-0.2, -0.15) is 0 Å². The molecule has 0 unspecified atom stereocenters. The molecule has 0 aromatic carbocycles. The van der Waals surface area contributed by atoms with Crippen LogP contribution >= 0.6 is 11.3 Å². The zero-order valence-electron chi connectivity index (χ0n) is 6.59. The maximum atomic E-state index is 4.29. The smallest absolute Gasteiger partial charge is 0.120 e. The van der Waals surface area contributed by atoms with Crippen LogP contribution in [0.1, 0.15) is 25.3 Å². The highest BCUT2D eigenvalue weighted by atomic mass is 32.1. The average Bonchev–Trinajstić information content (AvgIpc) is 2.41. The maximum absolute atomic E-state index is 4.29. The minimum atomic E-state index is 0.561. The van der Waals surface area contributed by atoms with Crippen molar-refractivity contribution in [1.29, 1.82) is 0 Å². The second-order valence-corrected chi connectivity index (χ2v) is 3.78. The van der Waals surface area contributed by atoms with Gasteiger partial charge in [-0.3, -0.25) is 0 Å². The zero-order chi connectivity index (χ0) is 7.84. The van der Waals surface area contributed by atoms with Gasteiger partial charge < -0.3 is 4.98 Å². The average molecular weight is 166 g/mol. The van der Waals surface area contributed by atoms with Crippen LogP contribution in [0.2, 0.25) is 0 Å². The molecule has 0 radical (unpaired) electrons. The van der Waals surface area contributed by atoms with Gasteiger partial charge in [0.15, 0.2) is 0 Å². The molecule has 0 aliphatic heterocycles. The number of hydrogen-bond acceptors (Lipinski definition) is 2. The molecule has 1 N–H and O–H groups in total. The van der Waals surface area contributed by atoms with Crippen molar-refractivity contribution in [3.63, 3.8) is 0 Å². The lowest BCUT2D eigenvalue weighted by molar-refractivity contribution is 0.873. The van der Waals surface area contributed by atoms with Crippen LogP contribution < -0.4 is 0 Å². The van der Waals surface area contributed by atoms with E-state index in [9.17, 15) is 0 Å². The number of hydrogen-bond donors (Lipinski definition) is 1. The predicted octanol–water partition coefficient (Wildman–Crippen LogP) is 2.75. The molecule has 0 fully saturated rings. The van der Waals surface area contributed by atoms with Crippen LogP contribution in [0.4, 0.5) is 0 Å². The van der Waals surface area contributed by atoms with Crippen LogP contribution in [-0.4, -0.2) is 9.97 Å². The van der Waals surface area contributed by atoms with Crippen LogP contribution in [0.15, 0.2) is 11.7 Å². The number of nitrogens with zero attached hydrogens (tertiary/aromatic N) is 1. The summed E-state index contributed by atoms with van der Waals surface area (Å²) in [6.45, 7) is 4.36. The van der Waals surface area contributed by atoms with Gasteiger partial charge in [0, 0.05) is 6.20 Å². The van der Waals surface area contributed by atoms with Gasteiger partial charge in [0.1, 0.15) is 10.3 Å². The standard InChI is InChI=1S/C8H10N2S/c1-5(2)6-3-9-8-7(6)10-4-11-8/h3-5,9H,1-2H3. The number of aromatic nitrogens is 2. The van der Waals surface area contributed by atoms with Crippen molar-refractivity contribution < 1.29 is 0 Å². The van der Waals surface area contributed by atoms with Crippen molar-refractivity contribution in [3.8, 4) is 0 Å². The van der Waals surface area contributed by atoms with E-state index in [4.69, 9.17) is 0 Å². The Kier molecular flexibility index (Phi) is 1.46. The summed E-state index contributed by atoms with van der Waals surface area (Å²) in [4.78, 5) is 8.68. The first-order valence-corrected chi connectivity index (χ1v) is 4.57. The fourth-order valence-electron chi connectivity index (χ4n) is 1.21. The topological polar surface area (TPSA) is 28.7 Å². The Hall–Kier alpha value is -0.830. The summed E-state index contributed by atoms with van der Waals surface area (Å²) in [5.41, 5.74) is 4.35. The van der Waals surface area contributed by atoms with Gasteiger partial charge in [-0.25, -0.2) is 4.98 Å². The molecule has 0 spiro atoms. The van der Waals surface area contributed by atoms with Crippen molar-refractivity contribution in [2.24, 2.45) is 0 Å². The van der Waals surface area contributed by atoms with Gasteiger partial charge in [-0.05, 0) is 11.5 Å². The first-order valence-electron chi connectivity index (χ1n) is 3.69. The van der Waals surface area contributed by atoms with Crippen molar-refractivity contribution in [3.05, 3.63) is 17.3 Å². The molecular formula is C8H10N2S. The minimum Gasteiger partial charge on any atom is -0.351 e. The van der Waals surface area contributed by atoms with Gasteiger partial charge in [0.2, 0.25) is 0 Å². The summed E-state index contributed by atoms with van der Waals surface area (Å²) in [5, 5.41) is 0. The molecular weight excluding hydrogens is 156 g/mol. The van der Waals surface area contributed by atoms with E-state index in [0.29, 0.717) is 5.92 Å². The van der Waals surface area contributed by atoms with Gasteiger partial charge in [0.05, 0.1) is 5.51 Å². The predicted molar refractivity (Wildman–Crippen MR) is 48.1 cm³/mol. The molecule has 0 saturated heterocycles. The number of rotatable bonds is 1. The maximum Gasteiger partial charge on any atom is 0.120 e. The summed E-state index contributed by atoms with van der Waals surface area (Å²) < 4.78 is 0. The molecule has 2 aromatic rings. The van der Waals surface area contributed by atoms with E-state index in [2.05, 4.69) is 30.0 Å². The Labute approximate surface area is 69.3 Å². The molecule has 58 valence electrons. The monoisotopic (exact) mass is 166 g/mol. The first kappa shape index (κ1) is 6.85.